The maximum atomic E-state index is 14.4. The number of nitrogens with zero attached hydrogens (tertiary/aromatic N) is 2. The van der Waals surface area contributed by atoms with E-state index in [-0.39, 0.29) is 5.56 Å². The maximum absolute atomic E-state index is 14.4. The van der Waals surface area contributed by atoms with Crippen LogP contribution in [0.15, 0.2) is 12.1 Å². The molecule has 0 saturated heterocycles. The minimum absolute atomic E-state index is 0.254. The Kier molecular flexibility index (Phi) is 4.93. The van der Waals surface area contributed by atoms with Crippen molar-refractivity contribution in [2.75, 3.05) is 18.0 Å². The van der Waals surface area contributed by atoms with Crippen LogP contribution in [0.2, 0.25) is 0 Å². The van der Waals surface area contributed by atoms with Gasteiger partial charge in [0.25, 0.3) is 0 Å². The fourth-order valence-corrected chi connectivity index (χ4v) is 3.33. The summed E-state index contributed by atoms with van der Waals surface area (Å²) in [6, 6.07) is 2.56. The third-order valence-electron chi connectivity index (χ3n) is 3.52. The Hall–Kier alpha value is -1.49. The Morgan fingerprint density at radius 3 is 2.33 bits per heavy atom. The molecule has 0 unspecified atom stereocenters. The predicted molar refractivity (Wildman–Crippen MR) is 85.1 cm³/mol. The monoisotopic (exact) mass is 310 g/mol. The molecule has 1 aromatic carbocycles. The molecule has 1 heterocycles. The van der Waals surface area contributed by atoms with E-state index in [1.165, 1.54) is 23.5 Å². The first-order valence-corrected chi connectivity index (χ1v) is 8.04. The fourth-order valence-electron chi connectivity index (χ4n) is 2.44. The number of aryl methyl sites for hydroxylation is 2. The molecule has 0 saturated carbocycles. The van der Waals surface area contributed by atoms with Gasteiger partial charge in [0.05, 0.1) is 16.4 Å². The van der Waals surface area contributed by atoms with Crippen molar-refractivity contribution in [2.24, 2.45) is 0 Å². The number of thiazole rings is 1. The summed E-state index contributed by atoms with van der Waals surface area (Å²) in [6.45, 7) is 9.01. The van der Waals surface area contributed by atoms with Gasteiger partial charge in [-0.05, 0) is 33.3 Å². The third-order valence-corrected chi connectivity index (χ3v) is 4.64. The van der Waals surface area contributed by atoms with Crippen LogP contribution in [0.1, 0.15) is 30.7 Å². The lowest BCUT2D eigenvalue weighted by molar-refractivity contribution is 0.597. The normalized spacial score (nSPS) is 11.0. The Morgan fingerprint density at radius 2 is 1.76 bits per heavy atom. The number of halogens is 2. The lowest BCUT2D eigenvalue weighted by Crippen LogP contribution is -2.23. The quantitative estimate of drug-likeness (QED) is 0.788. The largest absolute Gasteiger partial charge is 0.370 e. The zero-order chi connectivity index (χ0) is 15.6. The van der Waals surface area contributed by atoms with Gasteiger partial charge in [-0.1, -0.05) is 6.92 Å². The van der Waals surface area contributed by atoms with Crippen LogP contribution < -0.4 is 4.90 Å². The van der Waals surface area contributed by atoms with Crippen molar-refractivity contribution < 1.29 is 8.78 Å². The Bertz CT molecular complexity index is 633. The molecular weight excluding hydrogens is 290 g/mol. The molecule has 0 spiro atoms. The van der Waals surface area contributed by atoms with Crippen molar-refractivity contribution in [3.8, 4) is 11.3 Å². The lowest BCUT2D eigenvalue weighted by atomic mass is 10.1. The molecule has 2 nitrogen and oxygen atoms in total. The molecular formula is C16H20F2N2S. The van der Waals surface area contributed by atoms with E-state index >= 15 is 0 Å². The molecule has 0 radical (unpaired) electrons. The second kappa shape index (κ2) is 6.52. The zero-order valence-electron chi connectivity index (χ0n) is 12.8. The summed E-state index contributed by atoms with van der Waals surface area (Å²) in [7, 11) is 0. The van der Waals surface area contributed by atoms with Gasteiger partial charge < -0.3 is 4.90 Å². The van der Waals surface area contributed by atoms with Gasteiger partial charge in [-0.3, -0.25) is 0 Å². The van der Waals surface area contributed by atoms with Gasteiger partial charge in [0, 0.05) is 29.6 Å². The highest BCUT2D eigenvalue weighted by atomic mass is 32.1. The summed E-state index contributed by atoms with van der Waals surface area (Å²) in [6.07, 6.45) is 0.764. The molecule has 0 N–H and O–H groups in total. The zero-order valence-corrected chi connectivity index (χ0v) is 13.7. The van der Waals surface area contributed by atoms with Gasteiger partial charge in [0.15, 0.2) is 0 Å². The Morgan fingerprint density at radius 1 is 1.10 bits per heavy atom. The summed E-state index contributed by atoms with van der Waals surface area (Å²) in [4.78, 5) is 7.15. The standard InChI is InChI=1S/C16H20F2N2S/c1-5-15-16(19-10(4)21-15)11-8-13(18)14(9-12(11)17)20(6-2)7-3/h8-9H,5-7H2,1-4H3. The van der Waals surface area contributed by atoms with Crippen LogP contribution in [-0.4, -0.2) is 18.1 Å². The van der Waals surface area contributed by atoms with Gasteiger partial charge in [-0.25, -0.2) is 13.8 Å². The van der Waals surface area contributed by atoms with E-state index in [4.69, 9.17) is 0 Å². The summed E-state index contributed by atoms with van der Waals surface area (Å²) in [5.41, 5.74) is 1.14. The van der Waals surface area contributed by atoms with Crippen molar-refractivity contribution in [2.45, 2.75) is 34.1 Å². The van der Waals surface area contributed by atoms with Crippen LogP contribution in [0.4, 0.5) is 14.5 Å². The van der Waals surface area contributed by atoms with Crippen molar-refractivity contribution in [3.05, 3.63) is 33.7 Å². The molecule has 2 aromatic rings. The molecule has 0 atom stereocenters. The first kappa shape index (κ1) is 15.9. The number of hydrogen-bond donors (Lipinski definition) is 0. The summed E-state index contributed by atoms with van der Waals surface area (Å²) < 4.78 is 28.8. The second-order valence-corrected chi connectivity index (χ2v) is 6.10. The van der Waals surface area contributed by atoms with Crippen molar-refractivity contribution >= 4 is 17.0 Å². The third kappa shape index (κ3) is 3.07. The Labute approximate surface area is 128 Å². The molecule has 0 amide bonds. The summed E-state index contributed by atoms with van der Waals surface area (Å²) >= 11 is 1.53. The molecule has 0 aliphatic heterocycles. The molecule has 1 aromatic heterocycles. The SMILES string of the molecule is CCc1sc(C)nc1-c1cc(F)c(N(CC)CC)cc1F. The molecule has 5 heteroatoms. The first-order chi connectivity index (χ1) is 10.0. The summed E-state index contributed by atoms with van der Waals surface area (Å²) in [5, 5.41) is 0.870. The van der Waals surface area contributed by atoms with Gasteiger partial charge in [0.1, 0.15) is 11.6 Å². The number of benzene rings is 1. The van der Waals surface area contributed by atoms with E-state index in [9.17, 15) is 8.78 Å². The van der Waals surface area contributed by atoms with E-state index in [0.29, 0.717) is 24.5 Å². The molecule has 21 heavy (non-hydrogen) atoms. The highest BCUT2D eigenvalue weighted by Crippen LogP contribution is 2.33. The van der Waals surface area contributed by atoms with E-state index < -0.39 is 11.6 Å². The second-order valence-electron chi connectivity index (χ2n) is 4.81. The number of aromatic nitrogens is 1. The van der Waals surface area contributed by atoms with E-state index in [1.807, 2.05) is 27.7 Å². The smallest absolute Gasteiger partial charge is 0.147 e. The molecule has 114 valence electrons. The summed E-state index contributed by atoms with van der Waals surface area (Å²) in [5.74, 6) is -0.818. The van der Waals surface area contributed by atoms with Gasteiger partial charge >= 0.3 is 0 Å². The van der Waals surface area contributed by atoms with Crippen LogP contribution in [0.3, 0.4) is 0 Å². The average Bonchev–Trinajstić information content (AvgIpc) is 2.84. The van der Waals surface area contributed by atoms with Crippen molar-refractivity contribution in [3.63, 3.8) is 0 Å². The minimum Gasteiger partial charge on any atom is -0.370 e. The van der Waals surface area contributed by atoms with Crippen molar-refractivity contribution in [1.29, 1.82) is 0 Å². The van der Waals surface area contributed by atoms with Crippen molar-refractivity contribution in [1.82, 2.24) is 4.98 Å². The van der Waals surface area contributed by atoms with Crippen LogP contribution in [0.5, 0.6) is 0 Å². The fraction of sp³-hybridized carbons (Fsp3) is 0.438. The van der Waals surface area contributed by atoms with Gasteiger partial charge in [-0.15, -0.1) is 11.3 Å². The van der Waals surface area contributed by atoms with Crippen LogP contribution in [0.25, 0.3) is 11.3 Å². The van der Waals surface area contributed by atoms with E-state index in [0.717, 1.165) is 16.3 Å². The number of rotatable bonds is 5. The topological polar surface area (TPSA) is 16.1 Å². The Balaban J connectivity index is 2.54. The van der Waals surface area contributed by atoms with Crippen LogP contribution >= 0.6 is 11.3 Å². The van der Waals surface area contributed by atoms with E-state index in [1.54, 1.807) is 4.90 Å². The number of hydrogen-bond acceptors (Lipinski definition) is 3. The molecule has 0 fully saturated rings. The highest BCUT2D eigenvalue weighted by Gasteiger charge is 2.19. The highest BCUT2D eigenvalue weighted by molar-refractivity contribution is 7.12. The molecule has 0 aliphatic rings. The van der Waals surface area contributed by atoms with E-state index in [2.05, 4.69) is 4.98 Å². The number of anilines is 1. The minimum atomic E-state index is -0.418. The van der Waals surface area contributed by atoms with Crippen LogP contribution in [-0.2, 0) is 6.42 Å². The first-order valence-electron chi connectivity index (χ1n) is 7.22. The molecule has 2 rings (SSSR count). The van der Waals surface area contributed by atoms with Gasteiger partial charge in [0.2, 0.25) is 0 Å². The maximum Gasteiger partial charge on any atom is 0.147 e. The predicted octanol–water partition coefficient (Wildman–Crippen LogP) is 4.81. The van der Waals surface area contributed by atoms with Gasteiger partial charge in [-0.2, -0.15) is 0 Å². The van der Waals surface area contributed by atoms with Crippen LogP contribution in [0, 0.1) is 18.6 Å². The average molecular weight is 310 g/mol. The molecule has 0 bridgehead atoms. The molecule has 0 aliphatic carbocycles. The lowest BCUT2D eigenvalue weighted by Gasteiger charge is -2.22.